The minimum Gasteiger partial charge on any atom is -0.342 e. The van der Waals surface area contributed by atoms with E-state index in [1.165, 1.54) is 40.9 Å². The molecule has 1 aromatic heterocycles. The highest BCUT2D eigenvalue weighted by atomic mass is 32.2. The van der Waals surface area contributed by atoms with Crippen molar-refractivity contribution in [1.29, 1.82) is 0 Å². The molecule has 1 aliphatic rings. The van der Waals surface area contributed by atoms with Gasteiger partial charge in [0.2, 0.25) is 0 Å². The molecule has 1 aliphatic heterocycles. The first kappa shape index (κ1) is 20.6. The van der Waals surface area contributed by atoms with Crippen molar-refractivity contribution in [3.63, 3.8) is 0 Å². The molecule has 0 aliphatic carbocycles. The Morgan fingerprint density at radius 1 is 0.938 bits per heavy atom. The summed E-state index contributed by atoms with van der Waals surface area (Å²) in [6, 6.07) is 20.1. The molecule has 0 unspecified atom stereocenters. The van der Waals surface area contributed by atoms with Gasteiger partial charge in [-0.3, -0.25) is 9.69 Å². The van der Waals surface area contributed by atoms with Gasteiger partial charge in [-0.05, 0) is 48.0 Å². The molecule has 1 amide bonds. The number of para-hydroxylation sites is 1. The van der Waals surface area contributed by atoms with Gasteiger partial charge in [-0.2, -0.15) is 0 Å². The Balaban J connectivity index is 1.52. The summed E-state index contributed by atoms with van der Waals surface area (Å²) in [6.07, 6.45) is 3.80. The fraction of sp³-hybridized carbons (Fsp3) is 0.0400. The highest BCUT2D eigenvalue weighted by Gasteiger charge is 2.33. The zero-order chi connectivity index (χ0) is 22.2. The van der Waals surface area contributed by atoms with Crippen molar-refractivity contribution in [2.45, 2.75) is 6.54 Å². The van der Waals surface area contributed by atoms with E-state index in [0.29, 0.717) is 21.5 Å². The van der Waals surface area contributed by atoms with Gasteiger partial charge in [0, 0.05) is 29.2 Å². The predicted molar refractivity (Wildman–Crippen MR) is 129 cm³/mol. The monoisotopic (exact) mass is 462 g/mol. The van der Waals surface area contributed by atoms with Crippen molar-refractivity contribution in [1.82, 2.24) is 4.57 Å². The summed E-state index contributed by atoms with van der Waals surface area (Å²) < 4.78 is 29.4. The number of aromatic nitrogens is 1. The molecule has 2 heterocycles. The lowest BCUT2D eigenvalue weighted by molar-refractivity contribution is -0.113. The maximum atomic E-state index is 13.7. The van der Waals surface area contributed by atoms with Crippen LogP contribution in [0.5, 0.6) is 0 Å². The van der Waals surface area contributed by atoms with Gasteiger partial charge in [-0.15, -0.1) is 0 Å². The van der Waals surface area contributed by atoms with Gasteiger partial charge in [-0.1, -0.05) is 60.4 Å². The summed E-state index contributed by atoms with van der Waals surface area (Å²) in [7, 11) is 0. The topological polar surface area (TPSA) is 25.2 Å². The van der Waals surface area contributed by atoms with E-state index >= 15 is 0 Å². The zero-order valence-corrected chi connectivity index (χ0v) is 18.3. The summed E-state index contributed by atoms with van der Waals surface area (Å²) in [5, 5.41) is 0.991. The number of carbonyl (C=O) groups excluding carboxylic acids is 1. The number of nitrogens with zero attached hydrogens (tertiary/aromatic N) is 2. The molecule has 5 rings (SSSR count). The first-order valence-corrected chi connectivity index (χ1v) is 11.1. The van der Waals surface area contributed by atoms with E-state index in [1.54, 1.807) is 24.3 Å². The summed E-state index contributed by atoms with van der Waals surface area (Å²) in [6.45, 7) is 0.568. The number of benzene rings is 3. The highest BCUT2D eigenvalue weighted by Crippen LogP contribution is 2.37. The van der Waals surface area contributed by atoms with Crippen molar-refractivity contribution in [3.05, 3.63) is 107 Å². The maximum absolute atomic E-state index is 13.7. The molecule has 0 N–H and O–H groups in total. The van der Waals surface area contributed by atoms with E-state index in [1.807, 2.05) is 36.5 Å². The molecule has 158 valence electrons. The average molecular weight is 463 g/mol. The lowest BCUT2D eigenvalue weighted by Gasteiger charge is -2.14. The van der Waals surface area contributed by atoms with Gasteiger partial charge in [0.05, 0.1) is 10.6 Å². The van der Waals surface area contributed by atoms with Crippen LogP contribution in [-0.2, 0) is 11.3 Å². The van der Waals surface area contributed by atoms with E-state index in [-0.39, 0.29) is 11.7 Å². The van der Waals surface area contributed by atoms with Crippen molar-refractivity contribution in [3.8, 4) is 0 Å². The molecule has 1 saturated heterocycles. The van der Waals surface area contributed by atoms with Crippen LogP contribution >= 0.6 is 24.0 Å². The van der Waals surface area contributed by atoms with E-state index in [9.17, 15) is 13.6 Å². The van der Waals surface area contributed by atoms with Crippen LogP contribution in [0.3, 0.4) is 0 Å². The minimum atomic E-state index is -0.426. The number of hydrogen-bond acceptors (Lipinski definition) is 3. The van der Waals surface area contributed by atoms with Crippen molar-refractivity contribution < 1.29 is 13.6 Å². The molecule has 7 heteroatoms. The third kappa shape index (κ3) is 3.85. The number of halogens is 2. The SMILES string of the molecule is O=C1/C(=C\c2cn(Cc3ccc(F)cc3)c3ccccc23)SC(=S)N1c1cccc(F)c1. The summed E-state index contributed by atoms with van der Waals surface area (Å²) in [5.41, 5.74) is 3.26. The second kappa shape index (κ2) is 8.33. The van der Waals surface area contributed by atoms with Crippen LogP contribution in [0.15, 0.2) is 83.9 Å². The number of anilines is 1. The highest BCUT2D eigenvalue weighted by molar-refractivity contribution is 8.27. The molecule has 1 fully saturated rings. The fourth-order valence-electron chi connectivity index (χ4n) is 3.75. The molecule has 32 heavy (non-hydrogen) atoms. The minimum absolute atomic E-state index is 0.271. The summed E-state index contributed by atoms with van der Waals surface area (Å²) in [4.78, 5) is 14.9. The number of thioether (sulfide) groups is 1. The predicted octanol–water partition coefficient (Wildman–Crippen LogP) is 6.37. The Kier molecular flexibility index (Phi) is 5.36. The molecule has 0 bridgehead atoms. The number of hydrogen-bond donors (Lipinski definition) is 0. The molecule has 3 nitrogen and oxygen atoms in total. The second-order valence-corrected chi connectivity index (χ2v) is 9.03. The third-order valence-corrected chi connectivity index (χ3v) is 6.53. The van der Waals surface area contributed by atoms with Crippen molar-refractivity contribution in [2.75, 3.05) is 4.90 Å². The maximum Gasteiger partial charge on any atom is 0.270 e. The van der Waals surface area contributed by atoms with E-state index in [4.69, 9.17) is 12.2 Å². The molecule has 0 radical (unpaired) electrons. The normalized spacial score (nSPS) is 15.3. The van der Waals surface area contributed by atoms with Crippen molar-refractivity contribution in [2.24, 2.45) is 0 Å². The van der Waals surface area contributed by atoms with Crippen LogP contribution in [0.25, 0.3) is 17.0 Å². The summed E-state index contributed by atoms with van der Waals surface area (Å²) in [5.74, 6) is -0.975. The van der Waals surface area contributed by atoms with Crippen molar-refractivity contribution >= 4 is 56.9 Å². The Hall–Kier alpha value is -3.29. The smallest absolute Gasteiger partial charge is 0.270 e. The third-order valence-electron chi connectivity index (χ3n) is 5.23. The molecule has 0 spiro atoms. The van der Waals surface area contributed by atoms with Gasteiger partial charge < -0.3 is 4.57 Å². The number of amides is 1. The van der Waals surface area contributed by atoms with Crippen LogP contribution in [0, 0.1) is 11.6 Å². The largest absolute Gasteiger partial charge is 0.342 e. The van der Waals surface area contributed by atoms with Crippen LogP contribution < -0.4 is 4.90 Å². The number of fused-ring (bicyclic) bond motifs is 1. The van der Waals surface area contributed by atoms with Gasteiger partial charge in [0.25, 0.3) is 5.91 Å². The molecule has 3 aromatic carbocycles. The second-order valence-electron chi connectivity index (χ2n) is 7.35. The van der Waals surface area contributed by atoms with Gasteiger partial charge in [-0.25, -0.2) is 8.78 Å². The first-order valence-electron chi connectivity index (χ1n) is 9.85. The number of thiocarbonyl (C=S) groups is 1. The Morgan fingerprint density at radius 3 is 2.50 bits per heavy atom. The average Bonchev–Trinajstić information content (AvgIpc) is 3.26. The first-order chi connectivity index (χ1) is 15.5. The lowest BCUT2D eigenvalue weighted by Crippen LogP contribution is -2.27. The number of carbonyl (C=O) groups is 1. The molecular formula is C25H16F2N2OS2. The van der Waals surface area contributed by atoms with E-state index in [0.717, 1.165) is 22.0 Å². The molecule has 4 aromatic rings. The van der Waals surface area contributed by atoms with Crippen LogP contribution in [0.1, 0.15) is 11.1 Å². The van der Waals surface area contributed by atoms with Gasteiger partial charge in [0.15, 0.2) is 4.32 Å². The van der Waals surface area contributed by atoms with Crippen LogP contribution in [-0.4, -0.2) is 14.8 Å². The molecule has 0 saturated carbocycles. The Morgan fingerprint density at radius 2 is 1.72 bits per heavy atom. The Bertz CT molecular complexity index is 1390. The van der Waals surface area contributed by atoms with Crippen LogP contribution in [0.2, 0.25) is 0 Å². The van der Waals surface area contributed by atoms with Gasteiger partial charge in [0.1, 0.15) is 11.6 Å². The van der Waals surface area contributed by atoms with E-state index < -0.39 is 5.82 Å². The zero-order valence-electron chi connectivity index (χ0n) is 16.7. The Labute approximate surface area is 193 Å². The number of rotatable bonds is 4. The van der Waals surface area contributed by atoms with Gasteiger partial charge >= 0.3 is 0 Å². The molecule has 0 atom stereocenters. The molecular weight excluding hydrogens is 446 g/mol. The van der Waals surface area contributed by atoms with E-state index in [2.05, 4.69) is 4.57 Å². The lowest BCUT2D eigenvalue weighted by atomic mass is 10.1. The quantitative estimate of drug-likeness (QED) is 0.260. The summed E-state index contributed by atoms with van der Waals surface area (Å²) >= 11 is 6.60. The standard InChI is InChI=1S/C25H16F2N2OS2/c26-18-10-8-16(9-11-18)14-28-15-17(21-6-1-2-7-22(21)28)12-23-24(30)29(25(31)32-23)20-5-3-4-19(27)13-20/h1-13,15H,14H2/b23-12+. The van der Waals surface area contributed by atoms with Crippen LogP contribution in [0.4, 0.5) is 14.5 Å². The fourth-order valence-corrected chi connectivity index (χ4v) is 5.04.